The van der Waals surface area contributed by atoms with Crippen molar-refractivity contribution in [2.24, 2.45) is 5.92 Å². The van der Waals surface area contributed by atoms with Crippen LogP contribution in [-0.4, -0.2) is 20.0 Å². The largest absolute Gasteiger partial charge is 0.497 e. The van der Waals surface area contributed by atoms with E-state index in [1.807, 2.05) is 37.3 Å². The zero-order chi connectivity index (χ0) is 12.5. The Balaban J connectivity index is 2.30. The van der Waals surface area contributed by atoms with Gasteiger partial charge in [0.2, 0.25) is 0 Å². The molecule has 17 heavy (non-hydrogen) atoms. The summed E-state index contributed by atoms with van der Waals surface area (Å²) in [6.45, 7) is 3.19. The molecule has 0 unspecified atom stereocenters. The lowest BCUT2D eigenvalue weighted by Gasteiger charge is -2.08. The van der Waals surface area contributed by atoms with Gasteiger partial charge in [-0.3, -0.25) is 4.79 Å². The van der Waals surface area contributed by atoms with Crippen LogP contribution in [0.3, 0.4) is 0 Å². The molecule has 3 heteroatoms. The summed E-state index contributed by atoms with van der Waals surface area (Å²) in [5, 5.41) is 0. The lowest BCUT2D eigenvalue weighted by atomic mass is 10.2. The molecule has 0 spiro atoms. The van der Waals surface area contributed by atoms with Gasteiger partial charge in [-0.1, -0.05) is 25.1 Å². The zero-order valence-electron chi connectivity index (χ0n) is 10.3. The van der Waals surface area contributed by atoms with Crippen LogP contribution in [0, 0.1) is 5.92 Å². The van der Waals surface area contributed by atoms with E-state index in [1.165, 1.54) is 6.08 Å². The molecule has 0 bridgehead atoms. The van der Waals surface area contributed by atoms with Crippen LogP contribution in [0.2, 0.25) is 0 Å². The average Bonchev–Trinajstić information content (AvgIpc) is 2.37. The van der Waals surface area contributed by atoms with Crippen molar-refractivity contribution in [1.82, 2.24) is 0 Å². The first-order valence-corrected chi connectivity index (χ1v) is 5.59. The summed E-state index contributed by atoms with van der Waals surface area (Å²) in [5.41, 5.74) is 1.11. The molecule has 1 aromatic carbocycles. The molecule has 1 aromatic rings. The van der Waals surface area contributed by atoms with Crippen LogP contribution >= 0.6 is 0 Å². The molecule has 3 nitrogen and oxygen atoms in total. The van der Waals surface area contributed by atoms with E-state index in [-0.39, 0.29) is 5.92 Å². The number of hydrogen-bond acceptors (Lipinski definition) is 3. The Morgan fingerprint density at radius 2 is 2.00 bits per heavy atom. The predicted molar refractivity (Wildman–Crippen MR) is 67.0 cm³/mol. The summed E-state index contributed by atoms with van der Waals surface area (Å²) < 4.78 is 10.6. The molecule has 0 fully saturated rings. The Bertz CT molecular complexity index is 354. The average molecular weight is 234 g/mol. The van der Waals surface area contributed by atoms with Crippen molar-refractivity contribution in [3.63, 3.8) is 0 Å². The van der Waals surface area contributed by atoms with Gasteiger partial charge in [0.25, 0.3) is 0 Å². The van der Waals surface area contributed by atoms with Crippen molar-refractivity contribution in [3.05, 3.63) is 42.0 Å². The lowest BCUT2D eigenvalue weighted by molar-refractivity contribution is -0.104. The second kappa shape index (κ2) is 7.63. The molecule has 1 rings (SSSR count). The highest BCUT2D eigenvalue weighted by Gasteiger charge is 1.98. The fraction of sp³-hybridized carbons (Fsp3) is 0.357. The second-order valence-electron chi connectivity index (χ2n) is 3.86. The van der Waals surface area contributed by atoms with E-state index < -0.39 is 0 Å². The van der Waals surface area contributed by atoms with Crippen molar-refractivity contribution in [2.45, 2.75) is 13.5 Å². The third kappa shape index (κ3) is 5.31. The normalized spacial score (nSPS) is 12.6. The summed E-state index contributed by atoms with van der Waals surface area (Å²) in [6.07, 6.45) is 4.11. The number of ether oxygens (including phenoxy) is 2. The highest BCUT2D eigenvalue weighted by atomic mass is 16.5. The van der Waals surface area contributed by atoms with E-state index in [0.29, 0.717) is 13.2 Å². The minimum atomic E-state index is 0.249. The molecule has 0 saturated carbocycles. The molecule has 0 N–H and O–H groups in total. The number of methoxy groups -OCH3 is 1. The standard InChI is InChI=1S/C14H18O3/c1-12(4-3-9-15)10-17-11-13-5-7-14(16-2)8-6-13/h3-9,12H,10-11H2,1-2H3/b4-3+/t12-/m1/s1. The van der Waals surface area contributed by atoms with E-state index in [4.69, 9.17) is 9.47 Å². The third-order valence-electron chi connectivity index (χ3n) is 2.33. The Morgan fingerprint density at radius 1 is 1.29 bits per heavy atom. The first kappa shape index (κ1) is 13.5. The SMILES string of the molecule is COc1ccc(COC[C@H](C)/C=C/C=O)cc1. The van der Waals surface area contributed by atoms with Gasteiger partial charge in [-0.15, -0.1) is 0 Å². The Morgan fingerprint density at radius 3 is 2.59 bits per heavy atom. The van der Waals surface area contributed by atoms with E-state index >= 15 is 0 Å². The van der Waals surface area contributed by atoms with Crippen molar-refractivity contribution < 1.29 is 14.3 Å². The van der Waals surface area contributed by atoms with Gasteiger partial charge in [0.1, 0.15) is 12.0 Å². The molecule has 0 aliphatic carbocycles. The molecular weight excluding hydrogens is 216 g/mol. The molecule has 92 valence electrons. The quantitative estimate of drug-likeness (QED) is 0.537. The van der Waals surface area contributed by atoms with Crippen molar-refractivity contribution in [1.29, 1.82) is 0 Å². The Kier molecular flexibility index (Phi) is 6.04. The van der Waals surface area contributed by atoms with Gasteiger partial charge in [-0.25, -0.2) is 0 Å². The molecule has 0 aromatic heterocycles. The van der Waals surface area contributed by atoms with Gasteiger partial charge in [-0.05, 0) is 29.7 Å². The number of allylic oxidation sites excluding steroid dienone is 1. The molecule has 0 saturated heterocycles. The van der Waals surface area contributed by atoms with Crippen LogP contribution in [0.5, 0.6) is 5.75 Å². The Hall–Kier alpha value is -1.61. The molecular formula is C14H18O3. The lowest BCUT2D eigenvalue weighted by Crippen LogP contribution is -2.03. The first-order valence-electron chi connectivity index (χ1n) is 5.59. The minimum absolute atomic E-state index is 0.249. The molecule has 0 radical (unpaired) electrons. The van der Waals surface area contributed by atoms with Gasteiger partial charge >= 0.3 is 0 Å². The summed E-state index contributed by atoms with van der Waals surface area (Å²) in [6, 6.07) is 7.78. The van der Waals surface area contributed by atoms with E-state index in [0.717, 1.165) is 17.6 Å². The summed E-state index contributed by atoms with van der Waals surface area (Å²) in [7, 11) is 1.65. The minimum Gasteiger partial charge on any atom is -0.497 e. The molecule has 0 heterocycles. The van der Waals surface area contributed by atoms with Crippen molar-refractivity contribution >= 4 is 6.29 Å². The summed E-state index contributed by atoms with van der Waals surface area (Å²) >= 11 is 0. The van der Waals surface area contributed by atoms with Crippen LogP contribution in [0.25, 0.3) is 0 Å². The molecule has 0 aliphatic rings. The maximum absolute atomic E-state index is 10.1. The molecule has 0 aliphatic heterocycles. The van der Waals surface area contributed by atoms with Crippen molar-refractivity contribution in [3.8, 4) is 5.75 Å². The number of aldehydes is 1. The molecule has 1 atom stereocenters. The fourth-order valence-electron chi connectivity index (χ4n) is 1.38. The van der Waals surface area contributed by atoms with E-state index in [9.17, 15) is 4.79 Å². The topological polar surface area (TPSA) is 35.5 Å². The van der Waals surface area contributed by atoms with Gasteiger partial charge in [-0.2, -0.15) is 0 Å². The maximum Gasteiger partial charge on any atom is 0.142 e. The predicted octanol–water partition coefficient (Wildman–Crippen LogP) is 2.60. The zero-order valence-corrected chi connectivity index (χ0v) is 10.3. The monoisotopic (exact) mass is 234 g/mol. The second-order valence-corrected chi connectivity index (χ2v) is 3.86. The van der Waals surface area contributed by atoms with Crippen LogP contribution in [0.1, 0.15) is 12.5 Å². The van der Waals surface area contributed by atoms with Crippen LogP contribution < -0.4 is 4.74 Å². The third-order valence-corrected chi connectivity index (χ3v) is 2.33. The van der Waals surface area contributed by atoms with Gasteiger partial charge < -0.3 is 9.47 Å². The summed E-state index contributed by atoms with van der Waals surface area (Å²) in [4.78, 5) is 10.1. The number of hydrogen-bond donors (Lipinski definition) is 0. The van der Waals surface area contributed by atoms with Gasteiger partial charge in [0, 0.05) is 0 Å². The van der Waals surface area contributed by atoms with E-state index in [2.05, 4.69) is 0 Å². The summed E-state index contributed by atoms with van der Waals surface area (Å²) in [5.74, 6) is 1.09. The smallest absolute Gasteiger partial charge is 0.142 e. The van der Waals surface area contributed by atoms with Crippen LogP contribution in [0.15, 0.2) is 36.4 Å². The van der Waals surface area contributed by atoms with Gasteiger partial charge in [0.15, 0.2) is 0 Å². The molecule has 0 amide bonds. The Labute approximate surface area is 102 Å². The fourth-order valence-corrected chi connectivity index (χ4v) is 1.38. The van der Waals surface area contributed by atoms with Crippen LogP contribution in [0.4, 0.5) is 0 Å². The number of carbonyl (C=O) groups is 1. The highest BCUT2D eigenvalue weighted by Crippen LogP contribution is 2.12. The van der Waals surface area contributed by atoms with Crippen LogP contribution in [-0.2, 0) is 16.1 Å². The first-order chi connectivity index (χ1) is 8.26. The number of rotatable bonds is 7. The highest BCUT2D eigenvalue weighted by molar-refractivity contribution is 5.64. The maximum atomic E-state index is 10.1. The number of benzene rings is 1. The van der Waals surface area contributed by atoms with E-state index in [1.54, 1.807) is 7.11 Å². The van der Waals surface area contributed by atoms with Crippen molar-refractivity contribution in [2.75, 3.05) is 13.7 Å². The number of carbonyl (C=O) groups excluding carboxylic acids is 1. The van der Waals surface area contributed by atoms with Gasteiger partial charge in [0.05, 0.1) is 20.3 Å².